The normalized spacial score (nSPS) is 38.4. The summed E-state index contributed by atoms with van der Waals surface area (Å²) < 4.78 is 0. The van der Waals surface area contributed by atoms with E-state index in [2.05, 4.69) is 11.8 Å². The van der Waals surface area contributed by atoms with Crippen molar-refractivity contribution in [3.8, 4) is 0 Å². The second-order valence-electron chi connectivity index (χ2n) is 5.89. The lowest BCUT2D eigenvalue weighted by Gasteiger charge is -2.41. The Kier molecular flexibility index (Phi) is 3.68. The summed E-state index contributed by atoms with van der Waals surface area (Å²) in [5, 5.41) is 0. The molecule has 2 fully saturated rings. The van der Waals surface area contributed by atoms with Gasteiger partial charge in [0.2, 0.25) is 0 Å². The van der Waals surface area contributed by atoms with Crippen LogP contribution in [-0.4, -0.2) is 31.1 Å². The van der Waals surface area contributed by atoms with E-state index < -0.39 is 0 Å². The summed E-state index contributed by atoms with van der Waals surface area (Å²) in [6, 6.07) is 0. The van der Waals surface area contributed by atoms with Crippen LogP contribution in [0.25, 0.3) is 0 Å². The zero-order chi connectivity index (χ0) is 10.7. The minimum Gasteiger partial charge on any atom is -0.330 e. The fourth-order valence-corrected chi connectivity index (χ4v) is 3.58. The first-order valence-electron chi connectivity index (χ1n) is 6.66. The molecule has 1 aliphatic heterocycles. The molecule has 2 rings (SSSR count). The van der Waals surface area contributed by atoms with Gasteiger partial charge in [-0.15, -0.1) is 0 Å². The number of likely N-dealkylation sites (tertiary alicyclic amines) is 1. The first-order chi connectivity index (χ1) is 7.24. The summed E-state index contributed by atoms with van der Waals surface area (Å²) in [7, 11) is 0. The van der Waals surface area contributed by atoms with Crippen molar-refractivity contribution >= 4 is 0 Å². The van der Waals surface area contributed by atoms with Gasteiger partial charge >= 0.3 is 0 Å². The van der Waals surface area contributed by atoms with Crippen LogP contribution in [0.4, 0.5) is 0 Å². The van der Waals surface area contributed by atoms with Crippen molar-refractivity contribution < 1.29 is 0 Å². The highest BCUT2D eigenvalue weighted by atomic mass is 15.1. The van der Waals surface area contributed by atoms with Gasteiger partial charge in [-0.25, -0.2) is 0 Å². The molecule has 88 valence electrons. The molecule has 0 bridgehead atoms. The Morgan fingerprint density at radius 2 is 2.00 bits per heavy atom. The van der Waals surface area contributed by atoms with Gasteiger partial charge in [0.25, 0.3) is 0 Å². The Hall–Kier alpha value is -0.0800. The molecule has 15 heavy (non-hydrogen) atoms. The maximum atomic E-state index is 6.05. The summed E-state index contributed by atoms with van der Waals surface area (Å²) >= 11 is 0. The highest BCUT2D eigenvalue weighted by Crippen LogP contribution is 2.39. The van der Waals surface area contributed by atoms with Crippen molar-refractivity contribution in [3.05, 3.63) is 0 Å². The van der Waals surface area contributed by atoms with E-state index in [0.29, 0.717) is 5.41 Å². The lowest BCUT2D eigenvalue weighted by Crippen LogP contribution is -2.44. The van der Waals surface area contributed by atoms with E-state index in [9.17, 15) is 0 Å². The van der Waals surface area contributed by atoms with Gasteiger partial charge in [-0.3, -0.25) is 0 Å². The van der Waals surface area contributed by atoms with Crippen molar-refractivity contribution in [1.82, 2.24) is 4.90 Å². The molecule has 1 aliphatic carbocycles. The first kappa shape index (κ1) is 11.4. The molecule has 2 N–H and O–H groups in total. The monoisotopic (exact) mass is 210 g/mol. The molecule has 2 aliphatic rings. The van der Waals surface area contributed by atoms with Crippen LogP contribution in [0.15, 0.2) is 0 Å². The molecular weight excluding hydrogens is 184 g/mol. The lowest BCUT2D eigenvalue weighted by atomic mass is 9.70. The van der Waals surface area contributed by atoms with Gasteiger partial charge in [-0.1, -0.05) is 19.8 Å². The maximum absolute atomic E-state index is 6.05. The van der Waals surface area contributed by atoms with Gasteiger partial charge in [0.05, 0.1) is 0 Å². The maximum Gasteiger partial charge on any atom is 0.00502 e. The van der Waals surface area contributed by atoms with Gasteiger partial charge in [0, 0.05) is 6.54 Å². The molecule has 0 aromatic heterocycles. The number of nitrogens with two attached hydrogens (primary N) is 1. The second-order valence-corrected chi connectivity index (χ2v) is 5.89. The van der Waals surface area contributed by atoms with E-state index in [4.69, 9.17) is 5.73 Å². The van der Waals surface area contributed by atoms with Gasteiger partial charge in [-0.05, 0) is 56.7 Å². The third kappa shape index (κ3) is 2.73. The first-order valence-corrected chi connectivity index (χ1v) is 6.66. The predicted molar refractivity (Wildman–Crippen MR) is 64.8 cm³/mol. The van der Waals surface area contributed by atoms with Gasteiger partial charge in [-0.2, -0.15) is 0 Å². The van der Waals surface area contributed by atoms with E-state index in [0.717, 1.165) is 12.5 Å². The summed E-state index contributed by atoms with van der Waals surface area (Å²) in [6.45, 7) is 7.20. The Labute approximate surface area is 94.2 Å². The number of hydrogen-bond donors (Lipinski definition) is 1. The summed E-state index contributed by atoms with van der Waals surface area (Å²) in [5.74, 6) is 0.893. The zero-order valence-corrected chi connectivity index (χ0v) is 10.2. The van der Waals surface area contributed by atoms with Gasteiger partial charge in [0.15, 0.2) is 0 Å². The van der Waals surface area contributed by atoms with Crippen molar-refractivity contribution in [2.75, 3.05) is 26.2 Å². The number of nitrogens with zero attached hydrogens (tertiary/aromatic N) is 1. The van der Waals surface area contributed by atoms with E-state index in [1.165, 1.54) is 58.2 Å². The molecule has 2 unspecified atom stereocenters. The zero-order valence-electron chi connectivity index (χ0n) is 10.2. The van der Waals surface area contributed by atoms with Gasteiger partial charge < -0.3 is 10.6 Å². The van der Waals surface area contributed by atoms with E-state index in [-0.39, 0.29) is 0 Å². The third-order valence-electron chi connectivity index (χ3n) is 4.38. The highest BCUT2D eigenvalue weighted by molar-refractivity contribution is 4.89. The van der Waals surface area contributed by atoms with Crippen LogP contribution in [0, 0.1) is 11.3 Å². The summed E-state index contributed by atoms with van der Waals surface area (Å²) in [4.78, 5) is 2.64. The van der Waals surface area contributed by atoms with Crippen LogP contribution in [0.5, 0.6) is 0 Å². The predicted octanol–water partition coefficient (Wildman–Crippen LogP) is 2.24. The van der Waals surface area contributed by atoms with Crippen LogP contribution in [0.2, 0.25) is 0 Å². The largest absolute Gasteiger partial charge is 0.330 e. The quantitative estimate of drug-likeness (QED) is 0.774. The van der Waals surface area contributed by atoms with Crippen LogP contribution >= 0.6 is 0 Å². The van der Waals surface area contributed by atoms with Crippen molar-refractivity contribution in [1.29, 1.82) is 0 Å². The topological polar surface area (TPSA) is 29.3 Å². The Balaban J connectivity index is 1.93. The van der Waals surface area contributed by atoms with Crippen LogP contribution < -0.4 is 5.73 Å². The lowest BCUT2D eigenvalue weighted by molar-refractivity contribution is 0.100. The molecule has 2 nitrogen and oxygen atoms in total. The van der Waals surface area contributed by atoms with Crippen LogP contribution in [0.3, 0.4) is 0 Å². The minimum absolute atomic E-state index is 0.460. The van der Waals surface area contributed by atoms with Crippen molar-refractivity contribution in [2.45, 2.75) is 45.4 Å². The van der Waals surface area contributed by atoms with Crippen molar-refractivity contribution in [3.63, 3.8) is 0 Å². The average Bonchev–Trinajstić information content (AvgIpc) is 2.70. The van der Waals surface area contributed by atoms with Crippen LogP contribution in [-0.2, 0) is 0 Å². The molecular formula is C13H26N2. The summed E-state index contributed by atoms with van der Waals surface area (Å²) in [6.07, 6.45) is 8.34. The Morgan fingerprint density at radius 3 is 2.60 bits per heavy atom. The molecule has 2 heteroatoms. The molecule has 0 amide bonds. The number of hydrogen-bond acceptors (Lipinski definition) is 2. The highest BCUT2D eigenvalue weighted by Gasteiger charge is 2.35. The minimum atomic E-state index is 0.460. The molecule has 0 radical (unpaired) electrons. The SMILES string of the molecule is CC1CCCC(CN)(CN2CCCC2)C1. The third-order valence-corrected chi connectivity index (χ3v) is 4.38. The molecule has 0 aromatic carbocycles. The fraction of sp³-hybridized carbons (Fsp3) is 1.00. The fourth-order valence-electron chi connectivity index (χ4n) is 3.58. The summed E-state index contributed by atoms with van der Waals surface area (Å²) in [5.41, 5.74) is 6.51. The Morgan fingerprint density at radius 1 is 1.27 bits per heavy atom. The number of rotatable bonds is 3. The molecule has 2 atom stereocenters. The molecule has 1 saturated heterocycles. The van der Waals surface area contributed by atoms with Gasteiger partial charge in [0.1, 0.15) is 0 Å². The van der Waals surface area contributed by atoms with Crippen LogP contribution in [0.1, 0.15) is 45.4 Å². The second kappa shape index (κ2) is 4.84. The van der Waals surface area contributed by atoms with E-state index in [1.807, 2.05) is 0 Å². The Bertz CT molecular complexity index is 199. The molecule has 1 heterocycles. The molecule has 0 spiro atoms. The molecule has 1 saturated carbocycles. The van der Waals surface area contributed by atoms with Crippen molar-refractivity contribution in [2.24, 2.45) is 17.1 Å². The molecule has 0 aromatic rings. The smallest absolute Gasteiger partial charge is 0.00502 e. The van der Waals surface area contributed by atoms with E-state index in [1.54, 1.807) is 0 Å². The standard InChI is InChI=1S/C13H26N2/c1-12-5-4-6-13(9-12,10-14)11-15-7-2-3-8-15/h12H,2-11,14H2,1H3. The average molecular weight is 210 g/mol. The van der Waals surface area contributed by atoms with E-state index >= 15 is 0 Å².